The number of fused-ring (bicyclic) bond motifs is 1. The van der Waals surface area contributed by atoms with Crippen molar-refractivity contribution in [3.63, 3.8) is 0 Å². The van der Waals surface area contributed by atoms with Crippen LogP contribution in [-0.4, -0.2) is 55.2 Å². The van der Waals surface area contributed by atoms with Gasteiger partial charge < -0.3 is 4.74 Å². The van der Waals surface area contributed by atoms with E-state index in [1.165, 1.54) is 11.3 Å². The summed E-state index contributed by atoms with van der Waals surface area (Å²) in [5.74, 6) is -0.0224. The minimum Gasteiger partial charge on any atom is -0.379 e. The van der Waals surface area contributed by atoms with Crippen LogP contribution in [0.15, 0.2) is 42.5 Å². The highest BCUT2D eigenvalue weighted by molar-refractivity contribution is 7.22. The molecule has 160 valence electrons. The third-order valence-corrected chi connectivity index (χ3v) is 6.41. The molecule has 0 bridgehead atoms. The average molecular weight is 466 g/mol. The molecule has 1 amide bonds. The summed E-state index contributed by atoms with van der Waals surface area (Å²) in [5, 5.41) is 1.31. The van der Waals surface area contributed by atoms with Crippen molar-refractivity contribution in [2.24, 2.45) is 0 Å². The van der Waals surface area contributed by atoms with Gasteiger partial charge in [0, 0.05) is 31.7 Å². The number of carbonyl (C=O) groups excluding carboxylic acids is 1. The first-order valence-corrected chi connectivity index (χ1v) is 11.0. The maximum atomic E-state index is 13.4. The number of hydrogen-bond acceptors (Lipinski definition) is 5. The van der Waals surface area contributed by atoms with Gasteiger partial charge in [0.25, 0.3) is 5.91 Å². The molecular formula is C22H25Cl2N3O2S. The van der Waals surface area contributed by atoms with Gasteiger partial charge in [0.2, 0.25) is 0 Å². The van der Waals surface area contributed by atoms with Gasteiger partial charge in [-0.05, 0) is 37.6 Å². The van der Waals surface area contributed by atoms with Crippen LogP contribution in [0.3, 0.4) is 0 Å². The van der Waals surface area contributed by atoms with E-state index in [9.17, 15) is 4.79 Å². The van der Waals surface area contributed by atoms with Crippen molar-refractivity contribution in [1.82, 2.24) is 9.88 Å². The predicted octanol–water partition coefficient (Wildman–Crippen LogP) is 5.05. The summed E-state index contributed by atoms with van der Waals surface area (Å²) in [6.07, 6.45) is 0.876. The Morgan fingerprint density at radius 1 is 1.23 bits per heavy atom. The Morgan fingerprint density at radius 2 is 2.00 bits per heavy atom. The van der Waals surface area contributed by atoms with Crippen LogP contribution in [0.2, 0.25) is 5.02 Å². The number of carbonyl (C=O) groups is 1. The highest BCUT2D eigenvalue weighted by Gasteiger charge is 2.22. The second-order valence-corrected chi connectivity index (χ2v) is 8.63. The number of rotatable bonds is 6. The maximum Gasteiger partial charge on any atom is 0.260 e. The maximum absolute atomic E-state index is 13.4. The third-order valence-electron chi connectivity index (χ3n) is 5.06. The van der Waals surface area contributed by atoms with Gasteiger partial charge in [-0.1, -0.05) is 46.7 Å². The Balaban J connectivity index is 0.00000256. The number of ether oxygens (including phenoxy) is 1. The number of para-hydroxylation sites is 1. The SMILES string of the molecule is Cc1cccc(C(=O)N(CCCN2CCOCC2)c2nc3c(Cl)cccc3s2)c1.Cl. The average Bonchev–Trinajstić information content (AvgIpc) is 3.17. The molecule has 4 rings (SSSR count). The van der Waals surface area contributed by atoms with Crippen LogP contribution in [0.4, 0.5) is 5.13 Å². The minimum atomic E-state index is -0.0224. The number of aryl methyl sites for hydroxylation is 1. The highest BCUT2D eigenvalue weighted by atomic mass is 35.5. The van der Waals surface area contributed by atoms with Crippen LogP contribution >= 0.6 is 35.3 Å². The van der Waals surface area contributed by atoms with Crippen LogP contribution in [0.25, 0.3) is 10.2 Å². The molecule has 1 aliphatic rings. The Hall–Kier alpha value is -1.70. The first kappa shape index (κ1) is 23.0. The van der Waals surface area contributed by atoms with Gasteiger partial charge in [-0.15, -0.1) is 12.4 Å². The molecule has 0 aliphatic carbocycles. The first-order valence-electron chi connectivity index (χ1n) is 9.85. The molecule has 8 heteroatoms. The molecule has 1 fully saturated rings. The zero-order chi connectivity index (χ0) is 20.2. The van der Waals surface area contributed by atoms with E-state index in [0.29, 0.717) is 22.3 Å². The molecule has 0 unspecified atom stereocenters. The summed E-state index contributed by atoms with van der Waals surface area (Å²) in [6.45, 7) is 7.00. The lowest BCUT2D eigenvalue weighted by atomic mass is 10.1. The minimum absolute atomic E-state index is 0. The number of nitrogens with zero attached hydrogens (tertiary/aromatic N) is 3. The van der Waals surface area contributed by atoms with Gasteiger partial charge in [-0.2, -0.15) is 0 Å². The molecular weight excluding hydrogens is 441 g/mol. The van der Waals surface area contributed by atoms with E-state index < -0.39 is 0 Å². The van der Waals surface area contributed by atoms with E-state index in [1.807, 2.05) is 49.4 Å². The zero-order valence-corrected chi connectivity index (χ0v) is 19.2. The predicted molar refractivity (Wildman–Crippen MR) is 127 cm³/mol. The number of morpholine rings is 1. The van der Waals surface area contributed by atoms with Crippen molar-refractivity contribution < 1.29 is 9.53 Å². The van der Waals surface area contributed by atoms with Gasteiger partial charge >= 0.3 is 0 Å². The monoisotopic (exact) mass is 465 g/mol. The van der Waals surface area contributed by atoms with Crippen molar-refractivity contribution in [3.05, 3.63) is 58.6 Å². The quantitative estimate of drug-likeness (QED) is 0.510. The van der Waals surface area contributed by atoms with Crippen molar-refractivity contribution >= 4 is 56.6 Å². The largest absolute Gasteiger partial charge is 0.379 e. The summed E-state index contributed by atoms with van der Waals surface area (Å²) in [7, 11) is 0. The number of thiazole rings is 1. The first-order chi connectivity index (χ1) is 14.1. The van der Waals surface area contributed by atoms with E-state index in [2.05, 4.69) is 4.90 Å². The molecule has 1 aromatic heterocycles. The highest BCUT2D eigenvalue weighted by Crippen LogP contribution is 2.33. The van der Waals surface area contributed by atoms with Crippen LogP contribution in [0.1, 0.15) is 22.3 Å². The van der Waals surface area contributed by atoms with E-state index in [4.69, 9.17) is 21.3 Å². The second kappa shape index (κ2) is 10.6. The number of halogens is 2. The molecule has 5 nitrogen and oxygen atoms in total. The molecule has 2 heterocycles. The Kier molecular flexibility index (Phi) is 8.08. The molecule has 30 heavy (non-hydrogen) atoms. The summed E-state index contributed by atoms with van der Waals surface area (Å²) >= 11 is 7.83. The van der Waals surface area contributed by atoms with Gasteiger partial charge in [-0.3, -0.25) is 14.6 Å². The molecule has 3 aromatic rings. The molecule has 1 saturated heterocycles. The van der Waals surface area contributed by atoms with Crippen molar-refractivity contribution in [2.45, 2.75) is 13.3 Å². The van der Waals surface area contributed by atoms with Crippen LogP contribution in [-0.2, 0) is 4.74 Å². The van der Waals surface area contributed by atoms with E-state index in [0.717, 1.165) is 55.0 Å². The standard InChI is InChI=1S/C22H24ClN3O2S.ClH/c1-16-5-2-6-17(15-16)21(27)26(10-4-9-25-11-13-28-14-12-25)22-24-20-18(23)7-3-8-19(20)29-22;/h2-3,5-8,15H,4,9-14H2,1H3;1H. The van der Waals surface area contributed by atoms with Crippen LogP contribution in [0, 0.1) is 6.92 Å². The number of hydrogen-bond donors (Lipinski definition) is 0. The van der Waals surface area contributed by atoms with Crippen LogP contribution < -0.4 is 4.90 Å². The lowest BCUT2D eigenvalue weighted by Gasteiger charge is -2.27. The molecule has 0 N–H and O–H groups in total. The fourth-order valence-electron chi connectivity index (χ4n) is 3.51. The number of aromatic nitrogens is 1. The summed E-state index contributed by atoms with van der Waals surface area (Å²) in [5.41, 5.74) is 2.50. The fraction of sp³-hybridized carbons (Fsp3) is 0.364. The van der Waals surface area contributed by atoms with E-state index in [1.54, 1.807) is 4.90 Å². The molecule has 0 spiro atoms. The second-order valence-electron chi connectivity index (χ2n) is 7.22. The summed E-state index contributed by atoms with van der Waals surface area (Å²) in [4.78, 5) is 22.3. The van der Waals surface area contributed by atoms with Crippen molar-refractivity contribution in [1.29, 1.82) is 0 Å². The van der Waals surface area contributed by atoms with Crippen molar-refractivity contribution in [2.75, 3.05) is 44.3 Å². The lowest BCUT2D eigenvalue weighted by Crippen LogP contribution is -2.39. The third kappa shape index (κ3) is 5.31. The van der Waals surface area contributed by atoms with Gasteiger partial charge in [0.05, 0.1) is 22.9 Å². The molecule has 1 aliphatic heterocycles. The van der Waals surface area contributed by atoms with Crippen molar-refractivity contribution in [3.8, 4) is 0 Å². The lowest BCUT2D eigenvalue weighted by molar-refractivity contribution is 0.0376. The van der Waals surface area contributed by atoms with E-state index >= 15 is 0 Å². The number of amides is 1. The van der Waals surface area contributed by atoms with Gasteiger partial charge in [0.15, 0.2) is 5.13 Å². The topological polar surface area (TPSA) is 45.7 Å². The zero-order valence-electron chi connectivity index (χ0n) is 16.8. The molecule has 0 radical (unpaired) electrons. The number of anilines is 1. The van der Waals surface area contributed by atoms with E-state index in [-0.39, 0.29) is 18.3 Å². The van der Waals surface area contributed by atoms with Gasteiger partial charge in [-0.25, -0.2) is 4.98 Å². The number of benzene rings is 2. The molecule has 0 atom stereocenters. The summed E-state index contributed by atoms with van der Waals surface area (Å²) < 4.78 is 6.41. The Morgan fingerprint density at radius 3 is 2.73 bits per heavy atom. The molecule has 0 saturated carbocycles. The molecule has 2 aromatic carbocycles. The Labute approximate surface area is 192 Å². The fourth-order valence-corrected chi connectivity index (χ4v) is 4.80. The Bertz CT molecular complexity index is 1000. The smallest absolute Gasteiger partial charge is 0.260 e. The normalized spacial score (nSPS) is 14.5. The summed E-state index contributed by atoms with van der Waals surface area (Å²) in [6, 6.07) is 13.4. The van der Waals surface area contributed by atoms with Crippen LogP contribution in [0.5, 0.6) is 0 Å². The van der Waals surface area contributed by atoms with Gasteiger partial charge in [0.1, 0.15) is 5.52 Å².